The fourth-order valence-electron chi connectivity index (χ4n) is 5.89. The molecule has 0 aliphatic carbocycles. The Morgan fingerprint density at radius 3 is 2.49 bits per heavy atom. The number of rotatable bonds is 9. The number of hydrogen-bond donors (Lipinski definition) is 2. The first-order valence-corrected chi connectivity index (χ1v) is 19.1. The zero-order chi connectivity index (χ0) is 31.5. The van der Waals surface area contributed by atoms with E-state index in [0.29, 0.717) is 18.7 Å². The molecule has 45 heavy (non-hydrogen) atoms. The number of nitrogens with zero attached hydrogens (tertiary/aromatic N) is 2. The number of hydrogen-bond acceptors (Lipinski definition) is 8. The number of aromatic nitrogens is 1. The van der Waals surface area contributed by atoms with Gasteiger partial charge in [-0.05, 0) is 65.9 Å². The first kappa shape index (κ1) is 30.2. The number of fused-ring (bicyclic) bond motifs is 7. The van der Waals surface area contributed by atoms with Crippen LogP contribution in [0.2, 0.25) is 0 Å². The van der Waals surface area contributed by atoms with Crippen molar-refractivity contribution in [2.24, 2.45) is 0 Å². The summed E-state index contributed by atoms with van der Waals surface area (Å²) in [5.74, 6) is -0.362. The third-order valence-electron chi connectivity index (χ3n) is 8.19. The van der Waals surface area contributed by atoms with Crippen LogP contribution in [0.15, 0.2) is 87.3 Å². The highest BCUT2D eigenvalue weighted by Gasteiger charge is 2.32. The SMILES string of the molecule is CC(CCN1/C(=C/c2sc3ccc4cc5ccccc5cc4c3[n+]2CCCS(=O)(=O)O)Sc2ccc3occc3c21)S(=O)(=O)O. The molecule has 0 saturated heterocycles. The Morgan fingerprint density at radius 1 is 0.956 bits per heavy atom. The Bertz CT molecular complexity index is 2380. The van der Waals surface area contributed by atoms with E-state index in [1.807, 2.05) is 30.3 Å². The lowest BCUT2D eigenvalue weighted by Crippen LogP contribution is -2.36. The van der Waals surface area contributed by atoms with Crippen LogP contribution in [-0.2, 0) is 26.8 Å². The molecule has 1 unspecified atom stereocenters. The fraction of sp³-hybridized carbons (Fsp3) is 0.219. The van der Waals surface area contributed by atoms with E-state index >= 15 is 0 Å². The summed E-state index contributed by atoms with van der Waals surface area (Å²) in [6, 6.07) is 22.4. The van der Waals surface area contributed by atoms with Gasteiger partial charge in [0.05, 0.1) is 39.4 Å². The number of thiazole rings is 1. The van der Waals surface area contributed by atoms with Crippen molar-refractivity contribution in [1.82, 2.24) is 0 Å². The van der Waals surface area contributed by atoms with Gasteiger partial charge in [-0.1, -0.05) is 53.4 Å². The Hall–Kier alpha value is -3.46. The zero-order valence-electron chi connectivity index (χ0n) is 24.1. The number of anilines is 1. The predicted octanol–water partition coefficient (Wildman–Crippen LogP) is 7.10. The first-order chi connectivity index (χ1) is 21.5. The molecule has 7 rings (SSSR count). The van der Waals surface area contributed by atoms with Crippen molar-refractivity contribution in [2.45, 2.75) is 36.5 Å². The minimum absolute atomic E-state index is 0.197. The lowest BCUT2D eigenvalue weighted by atomic mass is 10.0. The van der Waals surface area contributed by atoms with E-state index in [-0.39, 0.29) is 18.6 Å². The van der Waals surface area contributed by atoms with Crippen molar-refractivity contribution in [2.75, 3.05) is 17.2 Å². The van der Waals surface area contributed by atoms with Crippen molar-refractivity contribution in [3.8, 4) is 0 Å². The highest BCUT2D eigenvalue weighted by atomic mass is 32.2. The third kappa shape index (κ3) is 5.84. The molecule has 0 spiro atoms. The Labute approximate surface area is 268 Å². The summed E-state index contributed by atoms with van der Waals surface area (Å²) in [5.41, 5.74) is 2.61. The molecule has 0 fully saturated rings. The number of benzene rings is 4. The van der Waals surface area contributed by atoms with Crippen LogP contribution in [0, 0.1) is 0 Å². The molecule has 2 aromatic heterocycles. The zero-order valence-corrected chi connectivity index (χ0v) is 27.3. The van der Waals surface area contributed by atoms with Crippen LogP contribution >= 0.6 is 23.1 Å². The molecule has 1 atom stereocenters. The third-order valence-corrected chi connectivity index (χ3v) is 12.4. The molecule has 6 aromatic rings. The summed E-state index contributed by atoms with van der Waals surface area (Å²) >= 11 is 3.14. The lowest BCUT2D eigenvalue weighted by molar-refractivity contribution is -0.667. The molecule has 1 aliphatic heterocycles. The molecule has 2 N–H and O–H groups in total. The summed E-state index contributed by atoms with van der Waals surface area (Å²) in [6.45, 7) is 2.18. The van der Waals surface area contributed by atoms with Gasteiger partial charge in [-0.2, -0.15) is 21.4 Å². The average molecular weight is 682 g/mol. The van der Waals surface area contributed by atoms with Crippen LogP contribution in [0.25, 0.3) is 48.8 Å². The van der Waals surface area contributed by atoms with Crippen molar-refractivity contribution in [1.29, 1.82) is 0 Å². The van der Waals surface area contributed by atoms with Crippen LogP contribution < -0.4 is 9.47 Å². The molecule has 13 heteroatoms. The molecule has 4 aromatic carbocycles. The van der Waals surface area contributed by atoms with Gasteiger partial charge in [0.1, 0.15) is 10.3 Å². The van der Waals surface area contributed by atoms with Crippen molar-refractivity contribution < 1.29 is 34.9 Å². The maximum Gasteiger partial charge on any atom is 0.267 e. The van der Waals surface area contributed by atoms with Gasteiger partial charge in [0, 0.05) is 23.2 Å². The number of furan rings is 1. The van der Waals surface area contributed by atoms with Crippen LogP contribution in [-0.4, -0.2) is 43.5 Å². The summed E-state index contributed by atoms with van der Waals surface area (Å²) in [4.78, 5) is 3.06. The smallest absolute Gasteiger partial charge is 0.267 e. The van der Waals surface area contributed by atoms with Crippen molar-refractivity contribution in [3.05, 3.63) is 83.0 Å². The highest BCUT2D eigenvalue weighted by Crippen LogP contribution is 2.50. The van der Waals surface area contributed by atoms with Crippen molar-refractivity contribution >= 4 is 97.8 Å². The number of aryl methyl sites for hydroxylation is 1. The van der Waals surface area contributed by atoms with Gasteiger partial charge in [0.25, 0.3) is 25.2 Å². The van der Waals surface area contributed by atoms with Gasteiger partial charge in [0.2, 0.25) is 5.52 Å². The number of thioether (sulfide) groups is 1. The summed E-state index contributed by atoms with van der Waals surface area (Å²) < 4.78 is 75.0. The van der Waals surface area contributed by atoms with E-state index in [4.69, 9.17) is 4.42 Å². The maximum atomic E-state index is 11.9. The van der Waals surface area contributed by atoms with Crippen LogP contribution in [0.1, 0.15) is 24.8 Å². The van der Waals surface area contributed by atoms with E-state index in [0.717, 1.165) is 57.8 Å². The maximum absolute atomic E-state index is 11.9. The molecular weight excluding hydrogens is 653 g/mol. The van der Waals surface area contributed by atoms with Gasteiger partial charge >= 0.3 is 0 Å². The van der Waals surface area contributed by atoms with Gasteiger partial charge in [-0.15, -0.1) is 0 Å². The Kier molecular flexibility index (Phi) is 7.66. The molecule has 0 radical (unpaired) electrons. The van der Waals surface area contributed by atoms with Crippen LogP contribution in [0.5, 0.6) is 0 Å². The van der Waals surface area contributed by atoms with Gasteiger partial charge in [-0.25, -0.2) is 0 Å². The van der Waals surface area contributed by atoms with E-state index in [1.54, 1.807) is 29.4 Å². The molecular formula is C32H29N2O7S4+. The fourth-order valence-corrected chi connectivity index (χ4v) is 9.15. The molecule has 0 saturated carbocycles. The van der Waals surface area contributed by atoms with E-state index in [1.165, 1.54) is 6.92 Å². The highest BCUT2D eigenvalue weighted by molar-refractivity contribution is 8.04. The monoisotopic (exact) mass is 681 g/mol. The van der Waals surface area contributed by atoms with Crippen LogP contribution in [0.4, 0.5) is 5.69 Å². The van der Waals surface area contributed by atoms with Crippen molar-refractivity contribution in [3.63, 3.8) is 0 Å². The molecule has 0 bridgehead atoms. The molecule has 0 amide bonds. The molecule has 3 heterocycles. The topological polar surface area (TPSA) is 129 Å². The van der Waals surface area contributed by atoms with E-state index in [9.17, 15) is 25.9 Å². The van der Waals surface area contributed by atoms with Gasteiger partial charge in [-0.3, -0.25) is 9.11 Å². The second kappa shape index (κ2) is 11.4. The molecule has 9 nitrogen and oxygen atoms in total. The molecule has 1 aliphatic rings. The lowest BCUT2D eigenvalue weighted by Gasteiger charge is -2.22. The Morgan fingerprint density at radius 2 is 1.73 bits per heavy atom. The second-order valence-electron chi connectivity index (χ2n) is 11.2. The quantitative estimate of drug-likeness (QED) is 0.0933. The minimum Gasteiger partial charge on any atom is -0.464 e. The minimum atomic E-state index is -4.21. The van der Waals surface area contributed by atoms with Crippen LogP contribution in [0.3, 0.4) is 0 Å². The second-order valence-corrected chi connectivity index (χ2v) is 16.7. The summed E-state index contributed by atoms with van der Waals surface area (Å²) in [7, 11) is -8.35. The van der Waals surface area contributed by atoms with E-state index < -0.39 is 25.5 Å². The summed E-state index contributed by atoms with van der Waals surface area (Å²) in [6.07, 6.45) is 4.09. The van der Waals surface area contributed by atoms with Gasteiger partial charge in [0.15, 0.2) is 6.54 Å². The first-order valence-electron chi connectivity index (χ1n) is 14.3. The Balaban J connectivity index is 1.39. The largest absolute Gasteiger partial charge is 0.464 e. The summed E-state index contributed by atoms with van der Waals surface area (Å²) in [5, 5.41) is 6.02. The molecule has 232 valence electrons. The van der Waals surface area contributed by atoms with E-state index in [2.05, 4.69) is 51.9 Å². The average Bonchev–Trinajstić information content (AvgIpc) is 3.69. The standard InChI is InChI=1S/C32H28N2O7S4/c1-20(45(38,39)40)11-14-34-30(43-28-10-8-26-24(31(28)34)12-15-41-26)19-29-33(13-4-16-44(35,36)37)32-25-18-22-6-3-2-5-21(22)17-23(25)7-9-27(32)42-29/h2-3,5-10,12,15,17-20H,4,11,13-14,16H2,1H3,(H-,35,36,37,38,39,40)/p+1. The normalized spacial score (nSPS) is 15.6. The predicted molar refractivity (Wildman–Crippen MR) is 181 cm³/mol. The van der Waals surface area contributed by atoms with Gasteiger partial charge < -0.3 is 9.32 Å².